The summed E-state index contributed by atoms with van der Waals surface area (Å²) in [5, 5.41) is 0. The minimum Gasteiger partial charge on any atom is -0.468 e. The molecule has 0 N–H and O–H groups in total. The van der Waals surface area contributed by atoms with Crippen LogP contribution in [0.4, 0.5) is 4.79 Å². The highest BCUT2D eigenvalue weighted by Gasteiger charge is 2.39. The van der Waals surface area contributed by atoms with Crippen molar-refractivity contribution in [3.8, 4) is 0 Å². The number of rotatable bonds is 7. The van der Waals surface area contributed by atoms with Crippen LogP contribution in [-0.2, 0) is 27.4 Å². The van der Waals surface area contributed by atoms with Crippen LogP contribution in [0.15, 0.2) is 54.9 Å². The van der Waals surface area contributed by atoms with Crippen LogP contribution < -0.4 is 4.57 Å². The number of hydrogen-bond donors (Lipinski definition) is 0. The number of amides is 1. The molecule has 2 heterocycles. The van der Waals surface area contributed by atoms with E-state index in [-0.39, 0.29) is 18.7 Å². The minimum absolute atomic E-state index is 0.147. The molecular weight excluding hydrogens is 380 g/mol. The van der Waals surface area contributed by atoms with E-state index in [0.717, 1.165) is 37.7 Å². The number of likely N-dealkylation sites (tertiary alicyclic amines) is 1. The van der Waals surface area contributed by atoms with Crippen molar-refractivity contribution in [2.24, 2.45) is 0 Å². The number of esters is 1. The third-order valence-electron chi connectivity index (χ3n) is 5.58. The highest BCUT2D eigenvalue weighted by atomic mass is 16.6. The molecule has 0 radical (unpaired) electrons. The Balaban J connectivity index is 1.74. The number of aromatic nitrogens is 1. The van der Waals surface area contributed by atoms with E-state index in [1.807, 2.05) is 53.4 Å². The topological polar surface area (TPSA) is 59.7 Å². The van der Waals surface area contributed by atoms with Crippen molar-refractivity contribution in [2.75, 3.05) is 13.7 Å². The Morgan fingerprint density at radius 2 is 1.97 bits per heavy atom. The number of pyridine rings is 1. The molecule has 1 aromatic carbocycles. The van der Waals surface area contributed by atoms with E-state index in [2.05, 4.69) is 13.0 Å². The van der Waals surface area contributed by atoms with Gasteiger partial charge in [0.1, 0.15) is 5.92 Å². The van der Waals surface area contributed by atoms with Crippen molar-refractivity contribution in [1.29, 1.82) is 0 Å². The Hall–Kier alpha value is -2.89. The lowest BCUT2D eigenvalue weighted by Crippen LogP contribution is -2.50. The van der Waals surface area contributed by atoms with E-state index in [4.69, 9.17) is 9.47 Å². The second-order valence-electron chi connectivity index (χ2n) is 7.68. The number of carbonyl (C=O) groups is 2. The van der Waals surface area contributed by atoms with Crippen LogP contribution in [-0.4, -0.2) is 36.7 Å². The summed E-state index contributed by atoms with van der Waals surface area (Å²) < 4.78 is 12.6. The number of hydrogen-bond acceptors (Lipinski definition) is 4. The fourth-order valence-corrected chi connectivity index (χ4v) is 4.14. The summed E-state index contributed by atoms with van der Waals surface area (Å²) in [4.78, 5) is 27.3. The molecule has 1 fully saturated rings. The molecule has 1 amide bonds. The van der Waals surface area contributed by atoms with Crippen molar-refractivity contribution in [1.82, 2.24) is 4.90 Å². The van der Waals surface area contributed by atoms with Crippen LogP contribution in [0.1, 0.15) is 49.7 Å². The second-order valence-corrected chi connectivity index (χ2v) is 7.68. The average molecular weight is 412 g/mol. The molecule has 1 saturated heterocycles. The first-order valence-electron chi connectivity index (χ1n) is 10.7. The molecular formula is C24H31N2O4+. The summed E-state index contributed by atoms with van der Waals surface area (Å²) in [6, 6.07) is 13.3. The van der Waals surface area contributed by atoms with Crippen molar-refractivity contribution in [2.45, 2.75) is 57.7 Å². The Morgan fingerprint density at radius 3 is 2.70 bits per heavy atom. The Morgan fingerprint density at radius 1 is 1.17 bits per heavy atom. The molecule has 1 aromatic heterocycles. The average Bonchev–Trinajstić information content (AvgIpc) is 2.79. The first-order valence-corrected chi connectivity index (χ1v) is 10.7. The van der Waals surface area contributed by atoms with Gasteiger partial charge in [0.25, 0.3) is 6.73 Å². The largest absolute Gasteiger partial charge is 0.468 e. The fourth-order valence-electron chi connectivity index (χ4n) is 4.14. The van der Waals surface area contributed by atoms with Gasteiger partial charge in [0.2, 0.25) is 0 Å². The molecule has 2 aromatic rings. The third-order valence-corrected chi connectivity index (χ3v) is 5.58. The molecule has 6 nitrogen and oxygen atoms in total. The zero-order chi connectivity index (χ0) is 21.3. The third kappa shape index (κ3) is 5.38. The lowest BCUT2D eigenvalue weighted by atomic mass is 9.85. The highest BCUT2D eigenvalue weighted by Crippen LogP contribution is 2.32. The molecule has 0 bridgehead atoms. The van der Waals surface area contributed by atoms with Gasteiger partial charge >= 0.3 is 12.1 Å². The number of aryl methyl sites for hydroxylation is 1. The van der Waals surface area contributed by atoms with E-state index in [0.29, 0.717) is 6.54 Å². The maximum atomic E-state index is 13.0. The quantitative estimate of drug-likeness (QED) is 0.513. The fraction of sp³-hybridized carbons (Fsp3) is 0.458. The molecule has 2 unspecified atom stereocenters. The van der Waals surface area contributed by atoms with Crippen LogP contribution in [0, 0.1) is 0 Å². The van der Waals surface area contributed by atoms with Gasteiger partial charge in [-0.3, -0.25) is 4.79 Å². The minimum atomic E-state index is -0.524. The van der Waals surface area contributed by atoms with Crippen LogP contribution in [0.2, 0.25) is 0 Å². The SMILES string of the molecule is CCCc1ccc[n+](COC(=O)N2CCCCC2C(C(=O)OC)c2ccccc2)c1. The predicted octanol–water partition coefficient (Wildman–Crippen LogP) is 3.83. The van der Waals surface area contributed by atoms with Gasteiger partial charge in [0, 0.05) is 18.2 Å². The summed E-state index contributed by atoms with van der Waals surface area (Å²) in [5.74, 6) is -0.850. The molecule has 160 valence electrons. The van der Waals surface area contributed by atoms with Crippen molar-refractivity contribution in [3.05, 3.63) is 66.0 Å². The van der Waals surface area contributed by atoms with Crippen molar-refractivity contribution >= 4 is 12.1 Å². The van der Waals surface area contributed by atoms with Gasteiger partial charge in [0.15, 0.2) is 12.4 Å². The molecule has 30 heavy (non-hydrogen) atoms. The first kappa shape index (κ1) is 21.8. The predicted molar refractivity (Wildman–Crippen MR) is 113 cm³/mol. The molecule has 1 aliphatic rings. The van der Waals surface area contributed by atoms with Gasteiger partial charge in [-0.2, -0.15) is 4.57 Å². The van der Waals surface area contributed by atoms with Gasteiger partial charge in [-0.1, -0.05) is 43.7 Å². The number of ether oxygens (including phenoxy) is 2. The smallest absolute Gasteiger partial charge is 0.414 e. The normalized spacial score (nSPS) is 17.3. The lowest BCUT2D eigenvalue weighted by molar-refractivity contribution is -0.727. The molecule has 6 heteroatoms. The van der Waals surface area contributed by atoms with E-state index >= 15 is 0 Å². The Bertz CT molecular complexity index is 840. The van der Waals surface area contributed by atoms with E-state index in [9.17, 15) is 9.59 Å². The standard InChI is InChI=1S/C24H31N2O4/c1-3-10-19-11-9-15-25(17-19)18-30-24(28)26-16-8-7-14-21(26)22(23(27)29-2)20-12-5-4-6-13-20/h4-6,9,11-13,15,17,21-22H,3,7-8,10,14,16,18H2,1-2H3/q+1. The summed E-state index contributed by atoms with van der Waals surface area (Å²) in [6.07, 6.45) is 8.15. The Kier molecular flexibility index (Phi) is 7.82. The summed E-state index contributed by atoms with van der Waals surface area (Å²) >= 11 is 0. The van der Waals surface area contributed by atoms with Gasteiger partial charge in [0.05, 0.1) is 13.2 Å². The summed E-state index contributed by atoms with van der Waals surface area (Å²) in [7, 11) is 1.39. The number of nitrogens with zero attached hydrogens (tertiary/aromatic N) is 2. The van der Waals surface area contributed by atoms with Crippen molar-refractivity contribution < 1.29 is 23.6 Å². The molecule has 1 aliphatic heterocycles. The van der Waals surface area contributed by atoms with E-state index in [1.54, 1.807) is 4.90 Å². The van der Waals surface area contributed by atoms with Crippen LogP contribution in [0.5, 0.6) is 0 Å². The number of piperidine rings is 1. The molecule has 0 spiro atoms. The lowest BCUT2D eigenvalue weighted by Gasteiger charge is -2.38. The maximum Gasteiger partial charge on any atom is 0.414 e. The first-order chi connectivity index (χ1) is 14.6. The van der Waals surface area contributed by atoms with Crippen molar-refractivity contribution in [3.63, 3.8) is 0 Å². The van der Waals surface area contributed by atoms with Crippen LogP contribution in [0.25, 0.3) is 0 Å². The maximum absolute atomic E-state index is 13.0. The Labute approximate surface area is 178 Å². The second kappa shape index (κ2) is 10.8. The van der Waals surface area contributed by atoms with Gasteiger partial charge in [-0.25, -0.2) is 4.79 Å². The number of methoxy groups -OCH3 is 1. The molecule has 3 rings (SSSR count). The number of benzene rings is 1. The van der Waals surface area contributed by atoms with Gasteiger partial charge < -0.3 is 14.4 Å². The zero-order valence-corrected chi connectivity index (χ0v) is 17.8. The van der Waals surface area contributed by atoms with Gasteiger partial charge in [-0.05, 0) is 37.3 Å². The van der Waals surface area contributed by atoms with Gasteiger partial charge in [-0.15, -0.1) is 0 Å². The zero-order valence-electron chi connectivity index (χ0n) is 17.8. The van der Waals surface area contributed by atoms with E-state index < -0.39 is 12.0 Å². The summed E-state index contributed by atoms with van der Waals surface area (Å²) in [6.45, 7) is 2.86. The molecule has 0 saturated carbocycles. The molecule has 0 aliphatic carbocycles. The monoisotopic (exact) mass is 411 g/mol. The molecule has 2 atom stereocenters. The summed E-state index contributed by atoms with van der Waals surface area (Å²) in [5.41, 5.74) is 2.07. The van der Waals surface area contributed by atoms with E-state index in [1.165, 1.54) is 12.7 Å². The van der Waals surface area contributed by atoms with Crippen LogP contribution >= 0.6 is 0 Å². The highest BCUT2D eigenvalue weighted by molar-refractivity contribution is 5.80. The number of carbonyl (C=O) groups excluding carboxylic acids is 2. The van der Waals surface area contributed by atoms with Crippen LogP contribution in [0.3, 0.4) is 0 Å².